The minimum absolute atomic E-state index is 0.196. The van der Waals surface area contributed by atoms with Crippen molar-refractivity contribution in [2.45, 2.75) is 64.7 Å². The van der Waals surface area contributed by atoms with Crippen LogP contribution in [-0.2, 0) is 19.1 Å². The fourth-order valence-corrected chi connectivity index (χ4v) is 2.33. The highest BCUT2D eigenvalue weighted by Gasteiger charge is 2.38. The van der Waals surface area contributed by atoms with Gasteiger partial charge in [-0.2, -0.15) is 0 Å². The molecule has 0 aromatic carbocycles. The van der Waals surface area contributed by atoms with E-state index in [-0.39, 0.29) is 18.2 Å². The van der Waals surface area contributed by atoms with Gasteiger partial charge in [0.15, 0.2) is 5.54 Å². The number of alkyl halides is 1. The van der Waals surface area contributed by atoms with Gasteiger partial charge < -0.3 is 14.8 Å². The van der Waals surface area contributed by atoms with E-state index in [0.717, 1.165) is 12.8 Å². The molecule has 0 saturated heterocycles. The maximum absolute atomic E-state index is 12.5. The van der Waals surface area contributed by atoms with Crippen molar-refractivity contribution in [2.24, 2.45) is 0 Å². The summed E-state index contributed by atoms with van der Waals surface area (Å²) in [5.41, 5.74) is -0.582. The summed E-state index contributed by atoms with van der Waals surface area (Å²) in [5.74, 6) is -0.234. The van der Waals surface area contributed by atoms with Crippen LogP contribution in [0.4, 0.5) is 0 Å². The Morgan fingerprint density at radius 3 is 2.30 bits per heavy atom. The molecule has 1 N–H and O–H groups in total. The van der Waals surface area contributed by atoms with E-state index in [1.807, 2.05) is 0 Å². The highest BCUT2D eigenvalue weighted by molar-refractivity contribution is 6.17. The van der Waals surface area contributed by atoms with E-state index in [2.05, 4.69) is 5.32 Å². The summed E-state index contributed by atoms with van der Waals surface area (Å²) in [6.45, 7) is 7.18. The summed E-state index contributed by atoms with van der Waals surface area (Å²) < 4.78 is 10.5. The number of esters is 2. The molecule has 0 aromatic rings. The zero-order valence-corrected chi connectivity index (χ0v) is 15.0. The van der Waals surface area contributed by atoms with Crippen molar-refractivity contribution in [2.75, 3.05) is 5.88 Å². The molecule has 0 fully saturated rings. The first kappa shape index (κ1) is 19.6. The highest BCUT2D eigenvalue weighted by Crippen LogP contribution is 2.24. The zero-order valence-electron chi connectivity index (χ0n) is 14.2. The predicted molar refractivity (Wildman–Crippen MR) is 90.1 cm³/mol. The third-order valence-electron chi connectivity index (χ3n) is 3.27. The van der Waals surface area contributed by atoms with Crippen molar-refractivity contribution < 1.29 is 19.1 Å². The molecule has 0 aromatic heterocycles. The van der Waals surface area contributed by atoms with Crippen LogP contribution in [0.3, 0.4) is 0 Å². The van der Waals surface area contributed by atoms with Crippen LogP contribution in [0.1, 0.15) is 47.0 Å². The van der Waals surface area contributed by atoms with Crippen molar-refractivity contribution in [3.05, 3.63) is 23.9 Å². The van der Waals surface area contributed by atoms with Gasteiger partial charge in [-0.25, -0.2) is 9.59 Å². The van der Waals surface area contributed by atoms with Gasteiger partial charge in [0.25, 0.3) is 0 Å². The number of carbonyl (C=O) groups is 2. The first-order valence-corrected chi connectivity index (χ1v) is 8.49. The molecule has 23 heavy (non-hydrogen) atoms. The van der Waals surface area contributed by atoms with Crippen molar-refractivity contribution in [1.29, 1.82) is 0 Å². The van der Waals surface area contributed by atoms with Crippen molar-refractivity contribution >= 4 is 23.5 Å². The van der Waals surface area contributed by atoms with E-state index in [1.165, 1.54) is 6.20 Å². The largest absolute Gasteiger partial charge is 0.461 e. The summed E-state index contributed by atoms with van der Waals surface area (Å²) >= 11 is 5.71. The Morgan fingerprint density at radius 2 is 1.83 bits per heavy atom. The highest BCUT2D eigenvalue weighted by atomic mass is 35.5. The van der Waals surface area contributed by atoms with Crippen molar-refractivity contribution in [3.8, 4) is 0 Å². The average molecular weight is 344 g/mol. The third-order valence-corrected chi connectivity index (χ3v) is 3.54. The van der Waals surface area contributed by atoms with Gasteiger partial charge >= 0.3 is 11.9 Å². The summed E-state index contributed by atoms with van der Waals surface area (Å²) in [6.07, 6.45) is 6.54. The van der Waals surface area contributed by atoms with Gasteiger partial charge in [0, 0.05) is 12.1 Å². The van der Waals surface area contributed by atoms with Gasteiger partial charge in [-0.1, -0.05) is 0 Å². The molecular formula is C17H26ClNO4. The molecule has 0 saturated carbocycles. The minimum atomic E-state index is -0.960. The number of hydrogen-bond donors (Lipinski definition) is 1. The van der Waals surface area contributed by atoms with Crippen LogP contribution < -0.4 is 5.32 Å². The Balaban J connectivity index is 2.85. The van der Waals surface area contributed by atoms with E-state index < -0.39 is 11.5 Å². The lowest BCUT2D eigenvalue weighted by Gasteiger charge is -2.32. The lowest BCUT2D eigenvalue weighted by atomic mass is 9.89. The molecule has 130 valence electrons. The molecule has 0 unspecified atom stereocenters. The molecule has 1 atom stereocenters. The van der Waals surface area contributed by atoms with E-state index in [9.17, 15) is 9.59 Å². The smallest absolute Gasteiger partial charge is 0.339 e. The molecule has 5 nitrogen and oxygen atoms in total. The third kappa shape index (κ3) is 5.90. The fraction of sp³-hybridized carbons (Fsp3) is 0.647. The second kappa shape index (κ2) is 8.96. The van der Waals surface area contributed by atoms with Crippen LogP contribution in [0.5, 0.6) is 0 Å². The summed E-state index contributed by atoms with van der Waals surface area (Å²) in [7, 11) is 0. The molecule has 1 aliphatic heterocycles. The van der Waals surface area contributed by atoms with Crippen LogP contribution in [-0.4, -0.2) is 35.6 Å². The molecule has 0 spiro atoms. The van der Waals surface area contributed by atoms with Crippen molar-refractivity contribution in [3.63, 3.8) is 0 Å². The number of rotatable bonds is 8. The Labute approximate surface area is 143 Å². The number of hydrogen-bond acceptors (Lipinski definition) is 5. The average Bonchev–Trinajstić information content (AvgIpc) is 2.46. The molecule has 1 aliphatic rings. The second-order valence-electron chi connectivity index (χ2n) is 6.10. The lowest BCUT2D eigenvalue weighted by Crippen LogP contribution is -2.51. The summed E-state index contributed by atoms with van der Waals surface area (Å²) in [5, 5.41) is 3.03. The lowest BCUT2D eigenvalue weighted by molar-refractivity contribution is -0.153. The first-order valence-electron chi connectivity index (χ1n) is 7.96. The molecule has 1 heterocycles. The van der Waals surface area contributed by atoms with Gasteiger partial charge in [-0.05, 0) is 59.1 Å². The maximum atomic E-state index is 12.5. The number of ether oxygens (including phenoxy) is 2. The Hall–Kier alpha value is -1.49. The van der Waals surface area contributed by atoms with Gasteiger partial charge in [0.1, 0.15) is 0 Å². The Kier molecular flexibility index (Phi) is 7.62. The topological polar surface area (TPSA) is 64.6 Å². The quantitative estimate of drug-likeness (QED) is 0.417. The molecule has 6 heteroatoms. The molecule has 0 amide bonds. The van der Waals surface area contributed by atoms with E-state index in [4.69, 9.17) is 21.1 Å². The minimum Gasteiger partial charge on any atom is -0.461 e. The van der Waals surface area contributed by atoms with Gasteiger partial charge in [-0.15, -0.1) is 11.6 Å². The summed E-state index contributed by atoms with van der Waals surface area (Å²) in [6, 6.07) is 0. The van der Waals surface area contributed by atoms with Crippen molar-refractivity contribution in [1.82, 2.24) is 5.32 Å². The number of unbranched alkanes of at least 4 members (excludes halogenated alkanes) is 1. The first-order chi connectivity index (χ1) is 10.8. The number of nitrogens with one attached hydrogen (secondary N) is 1. The number of halogens is 1. The Morgan fingerprint density at radius 1 is 1.17 bits per heavy atom. The SMILES string of the molecule is CC(C)OC(=O)C1=CN[C@@](CCCCCl)(C(=O)OC(C)C)C=C1. The van der Waals surface area contributed by atoms with Gasteiger partial charge in [0.05, 0.1) is 17.8 Å². The monoisotopic (exact) mass is 343 g/mol. The summed E-state index contributed by atoms with van der Waals surface area (Å²) in [4.78, 5) is 24.4. The number of carbonyl (C=O) groups excluding carboxylic acids is 2. The molecule has 0 radical (unpaired) electrons. The zero-order chi connectivity index (χ0) is 17.5. The van der Waals surface area contributed by atoms with Crippen LogP contribution in [0.2, 0.25) is 0 Å². The molecule has 1 rings (SSSR count). The normalized spacial score (nSPS) is 20.2. The predicted octanol–water partition coefficient (Wildman–Crippen LogP) is 3.08. The maximum Gasteiger partial charge on any atom is 0.339 e. The van der Waals surface area contributed by atoms with Crippen LogP contribution in [0, 0.1) is 0 Å². The van der Waals surface area contributed by atoms with E-state index in [0.29, 0.717) is 17.9 Å². The van der Waals surface area contributed by atoms with Gasteiger partial charge in [0.2, 0.25) is 0 Å². The molecule has 0 bridgehead atoms. The molecular weight excluding hydrogens is 318 g/mol. The fourth-order valence-electron chi connectivity index (χ4n) is 2.15. The van der Waals surface area contributed by atoms with Crippen LogP contribution in [0.25, 0.3) is 0 Å². The standard InChI is InChI=1S/C17H26ClNO4/c1-12(2)22-15(20)14-7-9-17(19-11-14,8-5-6-10-18)16(21)23-13(3)4/h7,9,11-13,19H,5-6,8,10H2,1-4H3/t17-/m1/s1. The number of dihydropyridines is 1. The Bertz CT molecular complexity index is 485. The van der Waals surface area contributed by atoms with E-state index >= 15 is 0 Å². The van der Waals surface area contributed by atoms with Crippen LogP contribution >= 0.6 is 11.6 Å². The second-order valence-corrected chi connectivity index (χ2v) is 6.48. The molecule has 0 aliphatic carbocycles. The van der Waals surface area contributed by atoms with Gasteiger partial charge in [-0.3, -0.25) is 0 Å². The van der Waals surface area contributed by atoms with Crippen LogP contribution in [0.15, 0.2) is 23.9 Å². The van der Waals surface area contributed by atoms with E-state index in [1.54, 1.807) is 39.8 Å².